The summed E-state index contributed by atoms with van der Waals surface area (Å²) in [4.78, 5) is 47.0. The summed E-state index contributed by atoms with van der Waals surface area (Å²) in [6.45, 7) is 12.9. The van der Waals surface area contributed by atoms with Gasteiger partial charge >= 0.3 is 30.4 Å². The van der Waals surface area contributed by atoms with Gasteiger partial charge in [-0.15, -0.1) is 0 Å². The van der Waals surface area contributed by atoms with Crippen molar-refractivity contribution in [2.45, 2.75) is 20.3 Å². The van der Waals surface area contributed by atoms with Crippen LogP contribution in [0.25, 0.3) is 12.2 Å². The number of ether oxygens (including phenoxy) is 9. The maximum Gasteiger partial charge on any atom is 0.361 e. The second-order valence-corrected chi connectivity index (χ2v) is 14.0. The summed E-state index contributed by atoms with van der Waals surface area (Å²) in [6, 6.07) is 33.0. The van der Waals surface area contributed by atoms with Gasteiger partial charge in [-0.2, -0.15) is 0 Å². The Kier molecular flexibility index (Phi) is 18.3. The van der Waals surface area contributed by atoms with Crippen molar-refractivity contribution in [1.82, 2.24) is 0 Å². The van der Waals surface area contributed by atoms with E-state index in [-0.39, 0.29) is 46.7 Å². The van der Waals surface area contributed by atoms with E-state index >= 15 is 0 Å². The lowest BCUT2D eigenvalue weighted by Crippen LogP contribution is -2.21. The van der Waals surface area contributed by atoms with Crippen molar-refractivity contribution in [2.75, 3.05) is 19.8 Å². The average Bonchev–Trinajstić information content (AvgIpc) is 3.77. The van der Waals surface area contributed by atoms with Crippen molar-refractivity contribution in [3.63, 3.8) is 0 Å². The van der Waals surface area contributed by atoms with Gasteiger partial charge in [0.15, 0.2) is 47.7 Å². The molecule has 0 saturated heterocycles. The smallest absolute Gasteiger partial charge is 0.361 e. The Morgan fingerprint density at radius 1 is 0.580 bits per heavy atom. The number of hydrogen-bond donors (Lipinski definition) is 4. The van der Waals surface area contributed by atoms with Crippen LogP contribution in [-0.4, -0.2) is 70.6 Å². The number of fused-ring (bicyclic) bond motifs is 1. The summed E-state index contributed by atoms with van der Waals surface area (Å²) in [5.74, 6) is -1.91. The molecule has 69 heavy (non-hydrogen) atoms. The van der Waals surface area contributed by atoms with Crippen molar-refractivity contribution in [2.24, 2.45) is 0 Å². The maximum absolute atomic E-state index is 12.2. The van der Waals surface area contributed by atoms with Crippen LogP contribution in [0.15, 0.2) is 153 Å². The molecule has 0 bridgehead atoms. The van der Waals surface area contributed by atoms with Gasteiger partial charge in [-0.25, -0.2) is 19.2 Å². The highest BCUT2D eigenvalue weighted by Crippen LogP contribution is 2.43. The second kappa shape index (κ2) is 24.9. The lowest BCUT2D eigenvalue weighted by molar-refractivity contribution is -0.173. The fourth-order valence-corrected chi connectivity index (χ4v) is 5.42. The summed E-state index contributed by atoms with van der Waals surface area (Å²) >= 11 is 0. The molecule has 0 amide bonds. The topological polar surface area (TPSA) is 232 Å². The van der Waals surface area contributed by atoms with Gasteiger partial charge in [-0.1, -0.05) is 74.4 Å². The van der Waals surface area contributed by atoms with E-state index in [0.717, 1.165) is 11.1 Å². The van der Waals surface area contributed by atoms with Gasteiger partial charge in [0.25, 0.3) is 0 Å². The van der Waals surface area contributed by atoms with Crippen molar-refractivity contribution < 1.29 is 82.2 Å². The average molecular weight is 943 g/mol. The Morgan fingerprint density at radius 2 is 1.03 bits per heavy atom. The van der Waals surface area contributed by atoms with Crippen LogP contribution in [-0.2, 0) is 19.1 Å². The zero-order valence-corrected chi connectivity index (χ0v) is 37.2. The van der Waals surface area contributed by atoms with E-state index < -0.39 is 48.5 Å². The predicted molar refractivity (Wildman–Crippen MR) is 250 cm³/mol. The van der Waals surface area contributed by atoms with E-state index in [4.69, 9.17) is 42.6 Å². The molecular formula is C52H46O17. The van der Waals surface area contributed by atoms with Gasteiger partial charge in [0.05, 0.1) is 12.2 Å². The molecule has 17 nitrogen and oxygen atoms in total. The lowest BCUT2D eigenvalue weighted by atomic mass is 10.1. The highest BCUT2D eigenvalue weighted by Gasteiger charge is 2.29. The van der Waals surface area contributed by atoms with E-state index in [2.05, 4.69) is 19.7 Å². The molecule has 0 spiro atoms. The van der Waals surface area contributed by atoms with Gasteiger partial charge in [0.2, 0.25) is 17.2 Å². The van der Waals surface area contributed by atoms with Crippen LogP contribution >= 0.6 is 0 Å². The number of aromatic hydroxyl groups is 4. The Balaban J connectivity index is 0.000000194. The Labute approximate surface area is 395 Å². The predicted octanol–water partition coefficient (Wildman–Crippen LogP) is 8.93. The highest BCUT2D eigenvalue weighted by atomic mass is 16.9. The van der Waals surface area contributed by atoms with Gasteiger partial charge < -0.3 is 63.1 Å². The Hall–Kier alpha value is -9.22. The monoisotopic (exact) mass is 942 g/mol. The molecule has 1 aliphatic rings. The normalized spacial score (nSPS) is 11.7. The van der Waals surface area contributed by atoms with E-state index in [1.54, 1.807) is 78.9 Å². The number of benzene rings is 6. The minimum atomic E-state index is -0.818. The number of rotatable bonds is 16. The summed E-state index contributed by atoms with van der Waals surface area (Å²) < 4.78 is 47.0. The van der Waals surface area contributed by atoms with Gasteiger partial charge in [0.1, 0.15) is 17.2 Å². The first-order chi connectivity index (χ1) is 33.2. The van der Waals surface area contributed by atoms with Crippen LogP contribution in [0.5, 0.6) is 69.0 Å². The molecule has 1 heterocycles. The molecule has 0 aromatic heterocycles. The van der Waals surface area contributed by atoms with Crippen LogP contribution in [0.4, 0.5) is 0 Å². The number of hydrogen-bond acceptors (Lipinski definition) is 17. The third kappa shape index (κ3) is 15.2. The number of carbonyl (C=O) groups is 4. The van der Waals surface area contributed by atoms with Crippen molar-refractivity contribution in [3.8, 4) is 69.0 Å². The van der Waals surface area contributed by atoms with Crippen molar-refractivity contribution in [1.29, 1.82) is 0 Å². The van der Waals surface area contributed by atoms with E-state index in [1.165, 1.54) is 67.6 Å². The highest BCUT2D eigenvalue weighted by molar-refractivity contribution is 5.92. The molecule has 0 radical (unpaired) electrons. The number of esters is 4. The summed E-state index contributed by atoms with van der Waals surface area (Å²) in [5.41, 5.74) is 2.55. The van der Waals surface area contributed by atoms with Crippen molar-refractivity contribution in [3.05, 3.63) is 169 Å². The van der Waals surface area contributed by atoms with Gasteiger partial charge in [-0.3, -0.25) is 0 Å². The first-order valence-electron chi connectivity index (χ1n) is 20.6. The summed E-state index contributed by atoms with van der Waals surface area (Å²) in [7, 11) is 0. The zero-order valence-electron chi connectivity index (χ0n) is 37.2. The standard InChI is InChI=1S/C18H16O7.C18H16O5.C16H14O5/c1-11(2)18(22)25-13-8-6-12(7-9-13)24-16(20)10-23-15-5-3-4-14(19)17(15)21;1-3-12-8-10-13(11-9-12)17(19)21-14-6-5-7-15-16(14)23-18(22-15)20-4-2;1-2-11-6-8-12(9-7-11)21-15(18)10-20-14-5-3-4-13(17)16(14)19/h3-9,19,21H,1,10H2,2H3;3,5-11,18H,1,4H2,2H3;2-9,17,19H,1,10H2. The van der Waals surface area contributed by atoms with Crippen LogP contribution in [0.1, 0.15) is 35.3 Å². The minimum absolute atomic E-state index is 0.00829. The lowest BCUT2D eigenvalue weighted by Gasteiger charge is -2.09. The number of phenolic OH excluding ortho intramolecular Hbond substituents is 4. The largest absolute Gasteiger partial charge is 0.504 e. The SMILES string of the molecule is C=C(C)C(=O)Oc1ccc(OC(=O)COc2cccc(O)c2O)cc1.C=Cc1ccc(C(=O)Oc2cccc3c2OC(OCC)O3)cc1.C=Cc1ccc(OC(=O)COc2cccc(O)c2O)cc1. The second-order valence-electron chi connectivity index (χ2n) is 14.0. The number of para-hydroxylation sites is 3. The van der Waals surface area contributed by atoms with Crippen LogP contribution in [0.3, 0.4) is 0 Å². The molecule has 356 valence electrons. The number of carbonyl (C=O) groups excluding carboxylic acids is 4. The Bertz CT molecular complexity index is 2760. The molecule has 0 saturated carbocycles. The van der Waals surface area contributed by atoms with Crippen LogP contribution < -0.4 is 37.9 Å². The van der Waals surface area contributed by atoms with Crippen molar-refractivity contribution >= 4 is 36.0 Å². The summed E-state index contributed by atoms with van der Waals surface area (Å²) in [5, 5.41) is 37.7. The quantitative estimate of drug-likeness (QED) is 0.0307. The molecule has 7 rings (SSSR count). The van der Waals surface area contributed by atoms with Crippen LogP contribution in [0, 0.1) is 0 Å². The van der Waals surface area contributed by atoms with E-state index in [0.29, 0.717) is 35.2 Å². The molecule has 4 N–H and O–H groups in total. The maximum atomic E-state index is 12.2. The first kappa shape index (κ1) is 50.8. The molecule has 1 unspecified atom stereocenters. The minimum Gasteiger partial charge on any atom is -0.504 e. The van der Waals surface area contributed by atoms with Gasteiger partial charge in [-0.05, 0) is 110 Å². The third-order valence-corrected chi connectivity index (χ3v) is 8.88. The third-order valence-electron chi connectivity index (χ3n) is 8.88. The molecule has 6 aromatic rings. The Morgan fingerprint density at radius 3 is 1.51 bits per heavy atom. The zero-order chi connectivity index (χ0) is 49.9. The number of phenols is 4. The van der Waals surface area contributed by atoms with E-state index in [9.17, 15) is 39.6 Å². The molecule has 0 aliphatic carbocycles. The molecule has 17 heteroatoms. The summed E-state index contributed by atoms with van der Waals surface area (Å²) in [6.07, 6.45) is 3.39. The van der Waals surface area contributed by atoms with Gasteiger partial charge in [0, 0.05) is 5.57 Å². The van der Waals surface area contributed by atoms with E-state index in [1.807, 2.05) is 6.92 Å². The molecule has 0 fully saturated rings. The molecule has 6 aromatic carbocycles. The first-order valence-corrected chi connectivity index (χ1v) is 20.6. The molecular weight excluding hydrogens is 897 g/mol. The van der Waals surface area contributed by atoms with Crippen LogP contribution in [0.2, 0.25) is 0 Å². The molecule has 1 atom stereocenters. The fraction of sp³-hybridized carbons (Fsp3) is 0.115. The fourth-order valence-electron chi connectivity index (χ4n) is 5.42. The molecule has 1 aliphatic heterocycles.